The number of ether oxygens (including phenoxy) is 1. The third kappa shape index (κ3) is 2.55. The van der Waals surface area contributed by atoms with Gasteiger partial charge in [-0.15, -0.1) is 11.3 Å². The molecule has 7 nitrogen and oxygen atoms in total. The number of nitrogens with one attached hydrogen (secondary N) is 1. The van der Waals surface area contributed by atoms with Crippen LogP contribution in [0, 0.1) is 0 Å². The lowest BCUT2D eigenvalue weighted by Crippen LogP contribution is -2.45. The fraction of sp³-hybridized carbons (Fsp3) is 0.300. The minimum atomic E-state index is -0.397. The molecular formula is C10H11N3O4S. The predicted molar refractivity (Wildman–Crippen MR) is 62.3 cm³/mol. The van der Waals surface area contributed by atoms with Crippen LogP contribution in [0.3, 0.4) is 0 Å². The van der Waals surface area contributed by atoms with Crippen molar-refractivity contribution in [3.8, 4) is 0 Å². The Morgan fingerprint density at radius 1 is 1.39 bits per heavy atom. The van der Waals surface area contributed by atoms with Gasteiger partial charge in [0.15, 0.2) is 0 Å². The normalized spacial score (nSPS) is 15.9. The van der Waals surface area contributed by atoms with Gasteiger partial charge in [0, 0.05) is 4.88 Å². The van der Waals surface area contributed by atoms with Crippen LogP contribution in [0.1, 0.15) is 14.5 Å². The van der Waals surface area contributed by atoms with Crippen LogP contribution in [0.25, 0.3) is 0 Å². The first-order chi connectivity index (χ1) is 8.61. The summed E-state index contributed by atoms with van der Waals surface area (Å²) in [4.78, 5) is 36.5. The van der Waals surface area contributed by atoms with Gasteiger partial charge in [0.05, 0.1) is 11.4 Å². The van der Waals surface area contributed by atoms with E-state index in [1.165, 1.54) is 11.3 Å². The second kappa shape index (κ2) is 5.25. The van der Waals surface area contributed by atoms with Crippen molar-refractivity contribution in [2.24, 2.45) is 5.84 Å². The number of hydrazine groups is 1. The summed E-state index contributed by atoms with van der Waals surface area (Å²) in [7, 11) is 0. The highest BCUT2D eigenvalue weighted by Gasteiger charge is 2.27. The summed E-state index contributed by atoms with van der Waals surface area (Å²) in [6, 6.07) is 3.28. The second-order valence-electron chi connectivity index (χ2n) is 3.61. The van der Waals surface area contributed by atoms with Gasteiger partial charge in [-0.05, 0) is 12.1 Å². The first-order valence-corrected chi connectivity index (χ1v) is 5.94. The summed E-state index contributed by atoms with van der Waals surface area (Å²) in [5, 5.41) is 0. The number of carbonyl (C=O) groups is 3. The predicted octanol–water partition coefficient (Wildman–Crippen LogP) is -0.763. The highest BCUT2D eigenvalue weighted by molar-refractivity contribution is 7.14. The Hall–Kier alpha value is -1.77. The van der Waals surface area contributed by atoms with Gasteiger partial charge >= 0.3 is 0 Å². The van der Waals surface area contributed by atoms with Crippen molar-refractivity contribution in [1.29, 1.82) is 0 Å². The van der Waals surface area contributed by atoms with Gasteiger partial charge in [-0.1, -0.05) is 0 Å². The van der Waals surface area contributed by atoms with E-state index in [9.17, 15) is 14.4 Å². The lowest BCUT2D eigenvalue weighted by atomic mass is 10.3. The topological polar surface area (TPSA) is 102 Å². The molecule has 1 aromatic heterocycles. The van der Waals surface area contributed by atoms with Gasteiger partial charge in [-0.25, -0.2) is 5.84 Å². The van der Waals surface area contributed by atoms with E-state index in [2.05, 4.69) is 0 Å². The van der Waals surface area contributed by atoms with Gasteiger partial charge in [-0.2, -0.15) is 0 Å². The Labute approximate surface area is 106 Å². The molecule has 0 aliphatic carbocycles. The van der Waals surface area contributed by atoms with Gasteiger partial charge < -0.3 is 4.74 Å². The number of hydrogen-bond acceptors (Lipinski definition) is 6. The third-order valence-corrected chi connectivity index (χ3v) is 3.45. The maximum atomic E-state index is 11.5. The summed E-state index contributed by atoms with van der Waals surface area (Å²) in [5.41, 5.74) is 2.02. The number of hydrogen-bond donors (Lipinski definition) is 2. The number of nitrogens with zero attached hydrogens (tertiary/aromatic N) is 1. The Balaban J connectivity index is 2.09. The van der Waals surface area contributed by atoms with Gasteiger partial charge in [0.2, 0.25) is 0 Å². The zero-order valence-electron chi connectivity index (χ0n) is 9.34. The Kier molecular flexibility index (Phi) is 3.70. The van der Waals surface area contributed by atoms with Crippen molar-refractivity contribution < 1.29 is 19.1 Å². The van der Waals surface area contributed by atoms with Crippen LogP contribution in [0.2, 0.25) is 0 Å². The SMILES string of the molecule is NNC(=O)c1ccc(CN2C(=O)COCC2=O)s1. The van der Waals surface area contributed by atoms with Crippen molar-refractivity contribution in [1.82, 2.24) is 10.3 Å². The molecule has 0 saturated carbocycles. The van der Waals surface area contributed by atoms with E-state index >= 15 is 0 Å². The summed E-state index contributed by atoms with van der Waals surface area (Å²) < 4.78 is 4.80. The minimum Gasteiger partial charge on any atom is -0.362 e. The maximum absolute atomic E-state index is 11.5. The molecule has 1 saturated heterocycles. The summed E-state index contributed by atoms with van der Waals surface area (Å²) in [5.74, 6) is 3.87. The lowest BCUT2D eigenvalue weighted by molar-refractivity contribution is -0.159. The smallest absolute Gasteiger partial charge is 0.275 e. The highest BCUT2D eigenvalue weighted by atomic mass is 32.1. The Morgan fingerprint density at radius 2 is 2.06 bits per heavy atom. The molecule has 0 radical (unpaired) electrons. The van der Waals surface area contributed by atoms with E-state index in [0.29, 0.717) is 4.88 Å². The van der Waals surface area contributed by atoms with Crippen LogP contribution in [0.4, 0.5) is 0 Å². The van der Waals surface area contributed by atoms with Crippen molar-refractivity contribution in [2.75, 3.05) is 13.2 Å². The van der Waals surface area contributed by atoms with Crippen molar-refractivity contribution in [2.45, 2.75) is 6.54 Å². The molecular weight excluding hydrogens is 258 g/mol. The van der Waals surface area contributed by atoms with E-state index in [1.54, 1.807) is 12.1 Å². The number of carbonyl (C=O) groups excluding carboxylic acids is 3. The molecule has 96 valence electrons. The molecule has 3 amide bonds. The van der Waals surface area contributed by atoms with E-state index in [-0.39, 0.29) is 31.6 Å². The molecule has 1 fully saturated rings. The average Bonchev–Trinajstić information content (AvgIpc) is 2.81. The number of thiophene rings is 1. The molecule has 2 heterocycles. The van der Waals surface area contributed by atoms with Crippen molar-refractivity contribution in [3.63, 3.8) is 0 Å². The van der Waals surface area contributed by atoms with Crippen LogP contribution >= 0.6 is 11.3 Å². The molecule has 1 aromatic rings. The van der Waals surface area contributed by atoms with Crippen molar-refractivity contribution in [3.05, 3.63) is 21.9 Å². The summed E-state index contributed by atoms with van der Waals surface area (Å²) in [6.07, 6.45) is 0. The van der Waals surface area contributed by atoms with Crippen LogP contribution in [-0.2, 0) is 20.9 Å². The van der Waals surface area contributed by atoms with E-state index < -0.39 is 5.91 Å². The number of nitrogens with two attached hydrogens (primary N) is 1. The second-order valence-corrected chi connectivity index (χ2v) is 4.77. The van der Waals surface area contributed by atoms with Gasteiger partial charge in [0.25, 0.3) is 17.7 Å². The Morgan fingerprint density at radius 3 is 2.67 bits per heavy atom. The molecule has 18 heavy (non-hydrogen) atoms. The summed E-state index contributed by atoms with van der Waals surface area (Å²) >= 11 is 1.18. The zero-order valence-corrected chi connectivity index (χ0v) is 10.2. The first kappa shape index (κ1) is 12.7. The average molecular weight is 269 g/mol. The molecule has 2 rings (SSSR count). The molecule has 0 atom stereocenters. The van der Waals surface area contributed by atoms with Gasteiger partial charge in [-0.3, -0.25) is 24.7 Å². The highest BCUT2D eigenvalue weighted by Crippen LogP contribution is 2.19. The standard InChI is InChI=1S/C10H11N3O4S/c11-12-10(16)7-2-1-6(18-7)3-13-8(14)4-17-5-9(13)15/h1-2H,3-5,11H2,(H,12,16). The molecule has 1 aliphatic rings. The molecule has 0 spiro atoms. The number of imide groups is 1. The van der Waals surface area contributed by atoms with E-state index in [1.807, 2.05) is 5.43 Å². The van der Waals surface area contributed by atoms with Crippen molar-refractivity contribution >= 4 is 29.1 Å². The molecule has 1 aliphatic heterocycles. The first-order valence-electron chi connectivity index (χ1n) is 5.12. The van der Waals surface area contributed by atoms with Crippen LogP contribution in [0.5, 0.6) is 0 Å². The number of morpholine rings is 1. The molecule has 3 N–H and O–H groups in total. The van der Waals surface area contributed by atoms with E-state index in [0.717, 1.165) is 9.78 Å². The maximum Gasteiger partial charge on any atom is 0.275 e. The minimum absolute atomic E-state index is 0.0900. The van der Waals surface area contributed by atoms with Crippen LogP contribution in [-0.4, -0.2) is 35.8 Å². The fourth-order valence-corrected chi connectivity index (χ4v) is 2.41. The molecule has 0 bridgehead atoms. The quantitative estimate of drug-likeness (QED) is 0.325. The van der Waals surface area contributed by atoms with E-state index in [4.69, 9.17) is 10.6 Å². The third-order valence-electron chi connectivity index (χ3n) is 2.38. The molecule has 0 aromatic carbocycles. The monoisotopic (exact) mass is 269 g/mol. The van der Waals surface area contributed by atoms with Crippen LogP contribution < -0.4 is 11.3 Å². The largest absolute Gasteiger partial charge is 0.362 e. The number of nitrogen functional groups attached to an aromatic ring is 1. The molecule has 0 unspecified atom stereocenters. The summed E-state index contributed by atoms with van der Waals surface area (Å²) in [6.45, 7) is -0.0237. The number of amides is 3. The zero-order chi connectivity index (χ0) is 13.1. The fourth-order valence-electron chi connectivity index (χ4n) is 1.51. The molecule has 8 heteroatoms. The Bertz CT molecular complexity index is 483. The lowest BCUT2D eigenvalue weighted by Gasteiger charge is -2.24. The number of rotatable bonds is 3. The van der Waals surface area contributed by atoms with Crippen LogP contribution in [0.15, 0.2) is 12.1 Å². The van der Waals surface area contributed by atoms with Gasteiger partial charge in [0.1, 0.15) is 13.2 Å².